The van der Waals surface area contributed by atoms with Crippen molar-refractivity contribution in [2.24, 2.45) is 0 Å². The Morgan fingerprint density at radius 1 is 1.30 bits per heavy atom. The van der Waals surface area contributed by atoms with Gasteiger partial charge in [0.25, 0.3) is 0 Å². The van der Waals surface area contributed by atoms with Gasteiger partial charge in [-0.25, -0.2) is 4.79 Å². The van der Waals surface area contributed by atoms with Crippen LogP contribution >= 0.6 is 0 Å². The zero-order chi connectivity index (χ0) is 14.3. The van der Waals surface area contributed by atoms with E-state index in [0.29, 0.717) is 18.2 Å². The quantitative estimate of drug-likeness (QED) is 0.903. The largest absolute Gasteiger partial charge is 0.474 e. The van der Waals surface area contributed by atoms with E-state index in [1.54, 1.807) is 0 Å². The Morgan fingerprint density at radius 2 is 2.00 bits per heavy atom. The molecule has 5 nitrogen and oxygen atoms in total. The van der Waals surface area contributed by atoms with Crippen LogP contribution in [0.2, 0.25) is 0 Å². The molecule has 0 radical (unpaired) electrons. The summed E-state index contributed by atoms with van der Waals surface area (Å²) < 4.78 is 7.09. The molecular formula is C15H17N3O2. The summed E-state index contributed by atoms with van der Waals surface area (Å²) in [6.45, 7) is 4.41. The highest BCUT2D eigenvalue weighted by atomic mass is 16.5. The average Bonchev–Trinajstić information content (AvgIpc) is 2.71. The van der Waals surface area contributed by atoms with E-state index in [9.17, 15) is 4.79 Å². The Bertz CT molecular complexity index is 694. The minimum Gasteiger partial charge on any atom is -0.474 e. The van der Waals surface area contributed by atoms with Gasteiger partial charge in [0, 0.05) is 5.92 Å². The standard InChI is InChI=1S/C15H17N3O2/c1-9-10(2)20-14-12(9)13(16)18(15(19)17-14)8-11-6-4-3-5-7-11/h3-7,9-10H,8,16H2,1-2H3. The molecule has 3 rings (SSSR count). The van der Waals surface area contributed by atoms with Crippen LogP contribution in [0, 0.1) is 0 Å². The molecule has 0 bridgehead atoms. The first-order valence-corrected chi connectivity index (χ1v) is 6.68. The summed E-state index contributed by atoms with van der Waals surface area (Å²) in [5, 5.41) is 0. The lowest BCUT2D eigenvalue weighted by Gasteiger charge is -2.13. The highest BCUT2D eigenvalue weighted by molar-refractivity contribution is 5.51. The predicted molar refractivity (Wildman–Crippen MR) is 77.0 cm³/mol. The molecular weight excluding hydrogens is 254 g/mol. The third-order valence-electron chi connectivity index (χ3n) is 3.87. The summed E-state index contributed by atoms with van der Waals surface area (Å²) in [7, 11) is 0. The zero-order valence-electron chi connectivity index (χ0n) is 11.5. The van der Waals surface area contributed by atoms with E-state index in [1.807, 2.05) is 44.2 Å². The number of aromatic nitrogens is 2. The minimum atomic E-state index is -0.369. The highest BCUT2D eigenvalue weighted by Gasteiger charge is 2.33. The van der Waals surface area contributed by atoms with Crippen molar-refractivity contribution in [3.8, 4) is 5.88 Å². The first kappa shape index (κ1) is 12.7. The topological polar surface area (TPSA) is 70.1 Å². The first-order chi connectivity index (χ1) is 9.58. The van der Waals surface area contributed by atoms with E-state index in [0.717, 1.165) is 11.1 Å². The number of ether oxygens (including phenoxy) is 1. The van der Waals surface area contributed by atoms with E-state index < -0.39 is 0 Å². The van der Waals surface area contributed by atoms with Gasteiger partial charge in [-0.15, -0.1) is 0 Å². The minimum absolute atomic E-state index is 0.00762. The molecule has 5 heteroatoms. The number of anilines is 1. The molecule has 2 unspecified atom stereocenters. The molecule has 0 spiro atoms. The lowest BCUT2D eigenvalue weighted by Crippen LogP contribution is -2.27. The fourth-order valence-electron chi connectivity index (χ4n) is 2.51. The lowest BCUT2D eigenvalue weighted by atomic mass is 10.0. The summed E-state index contributed by atoms with van der Waals surface area (Å²) in [6, 6.07) is 9.73. The van der Waals surface area contributed by atoms with Crippen molar-refractivity contribution in [1.82, 2.24) is 9.55 Å². The normalized spacial score (nSPS) is 20.5. The maximum Gasteiger partial charge on any atom is 0.352 e. The first-order valence-electron chi connectivity index (χ1n) is 6.68. The maximum atomic E-state index is 12.1. The van der Waals surface area contributed by atoms with Gasteiger partial charge >= 0.3 is 5.69 Å². The summed E-state index contributed by atoms with van der Waals surface area (Å²) in [6.07, 6.45) is -0.00762. The Morgan fingerprint density at radius 3 is 2.70 bits per heavy atom. The van der Waals surface area contributed by atoms with Gasteiger partial charge < -0.3 is 10.5 Å². The van der Waals surface area contributed by atoms with Crippen molar-refractivity contribution < 1.29 is 4.74 Å². The highest BCUT2D eigenvalue weighted by Crippen LogP contribution is 2.38. The molecule has 1 aliphatic rings. The predicted octanol–water partition coefficient (Wildman–Crippen LogP) is 1.76. The van der Waals surface area contributed by atoms with Crippen molar-refractivity contribution in [2.45, 2.75) is 32.4 Å². The number of benzene rings is 1. The summed E-state index contributed by atoms with van der Waals surface area (Å²) >= 11 is 0. The van der Waals surface area contributed by atoms with E-state index in [1.165, 1.54) is 4.57 Å². The Hall–Kier alpha value is -2.30. The van der Waals surface area contributed by atoms with Crippen molar-refractivity contribution in [3.63, 3.8) is 0 Å². The molecule has 0 aliphatic carbocycles. The molecule has 2 N–H and O–H groups in total. The van der Waals surface area contributed by atoms with Crippen molar-refractivity contribution in [2.75, 3.05) is 5.73 Å². The van der Waals surface area contributed by atoms with E-state index >= 15 is 0 Å². The number of rotatable bonds is 2. The number of fused-ring (bicyclic) bond motifs is 1. The summed E-state index contributed by atoms with van der Waals surface area (Å²) in [5.41, 5.74) is 7.67. The molecule has 0 fully saturated rings. The van der Waals surface area contributed by atoms with Gasteiger partial charge in [-0.05, 0) is 12.5 Å². The van der Waals surface area contributed by atoms with Crippen LogP contribution < -0.4 is 16.2 Å². The molecule has 0 saturated heterocycles. The molecule has 0 saturated carbocycles. The van der Waals surface area contributed by atoms with Crippen LogP contribution in [-0.2, 0) is 6.54 Å². The number of hydrogen-bond donors (Lipinski definition) is 1. The number of nitrogens with zero attached hydrogens (tertiary/aromatic N) is 2. The Labute approximate surface area is 117 Å². The van der Waals surface area contributed by atoms with E-state index in [-0.39, 0.29) is 17.7 Å². The van der Waals surface area contributed by atoms with Gasteiger partial charge in [-0.1, -0.05) is 37.3 Å². The molecule has 0 amide bonds. The maximum absolute atomic E-state index is 12.1. The molecule has 1 aromatic carbocycles. The number of nitrogen functional groups attached to an aromatic ring is 1. The second-order valence-corrected chi connectivity index (χ2v) is 5.18. The Kier molecular flexibility index (Phi) is 2.97. The van der Waals surface area contributed by atoms with Gasteiger partial charge in [0.15, 0.2) is 0 Å². The van der Waals surface area contributed by atoms with Crippen molar-refractivity contribution >= 4 is 5.82 Å². The molecule has 1 aromatic heterocycles. The molecule has 104 valence electrons. The molecule has 20 heavy (non-hydrogen) atoms. The average molecular weight is 271 g/mol. The van der Waals surface area contributed by atoms with Crippen molar-refractivity contribution in [1.29, 1.82) is 0 Å². The number of hydrogen-bond acceptors (Lipinski definition) is 4. The third kappa shape index (κ3) is 1.95. The summed E-state index contributed by atoms with van der Waals surface area (Å²) in [4.78, 5) is 16.1. The molecule has 2 heterocycles. The molecule has 2 atom stereocenters. The zero-order valence-corrected chi connectivity index (χ0v) is 11.5. The fraction of sp³-hybridized carbons (Fsp3) is 0.333. The van der Waals surface area contributed by atoms with Crippen LogP contribution in [0.15, 0.2) is 35.1 Å². The van der Waals surface area contributed by atoms with E-state index in [2.05, 4.69) is 4.98 Å². The second-order valence-electron chi connectivity index (χ2n) is 5.18. The van der Waals surface area contributed by atoms with Gasteiger partial charge in [0.05, 0.1) is 12.1 Å². The number of nitrogens with two attached hydrogens (primary N) is 1. The van der Waals surface area contributed by atoms with Crippen LogP contribution in [0.4, 0.5) is 5.82 Å². The summed E-state index contributed by atoms with van der Waals surface area (Å²) in [5.74, 6) is 0.984. The van der Waals surface area contributed by atoms with Crippen LogP contribution in [0.25, 0.3) is 0 Å². The van der Waals surface area contributed by atoms with Crippen LogP contribution in [-0.4, -0.2) is 15.7 Å². The lowest BCUT2D eigenvalue weighted by molar-refractivity contribution is 0.225. The van der Waals surface area contributed by atoms with Gasteiger partial charge in [-0.2, -0.15) is 4.98 Å². The van der Waals surface area contributed by atoms with Crippen molar-refractivity contribution in [3.05, 3.63) is 51.9 Å². The fourth-order valence-corrected chi connectivity index (χ4v) is 2.51. The van der Waals surface area contributed by atoms with Gasteiger partial charge in [-0.3, -0.25) is 4.57 Å². The monoisotopic (exact) mass is 271 g/mol. The molecule has 1 aliphatic heterocycles. The van der Waals surface area contributed by atoms with E-state index in [4.69, 9.17) is 10.5 Å². The SMILES string of the molecule is CC1Oc2nc(=O)n(Cc3ccccc3)c(N)c2C1C. The molecule has 2 aromatic rings. The van der Waals surface area contributed by atoms with Gasteiger partial charge in [0.2, 0.25) is 5.88 Å². The van der Waals surface area contributed by atoms with Crippen LogP contribution in [0.5, 0.6) is 5.88 Å². The smallest absolute Gasteiger partial charge is 0.352 e. The van der Waals surface area contributed by atoms with Crippen LogP contribution in [0.3, 0.4) is 0 Å². The second kappa shape index (κ2) is 4.67. The van der Waals surface area contributed by atoms with Gasteiger partial charge in [0.1, 0.15) is 11.9 Å². The third-order valence-corrected chi connectivity index (χ3v) is 3.87. The van der Waals surface area contributed by atoms with Crippen LogP contribution in [0.1, 0.15) is 30.9 Å². The Balaban J connectivity index is 2.08.